The Morgan fingerprint density at radius 2 is 1.85 bits per heavy atom. The van der Waals surface area contributed by atoms with Gasteiger partial charge in [-0.05, 0) is 70.6 Å². The van der Waals surface area contributed by atoms with Crippen molar-refractivity contribution in [2.24, 2.45) is 0 Å². The Morgan fingerprint density at radius 3 is 2.40 bits per heavy atom. The minimum absolute atomic E-state index is 0.611. The van der Waals surface area contributed by atoms with Crippen molar-refractivity contribution < 1.29 is 4.74 Å². The van der Waals surface area contributed by atoms with Crippen molar-refractivity contribution in [2.75, 3.05) is 34.3 Å². The lowest BCUT2D eigenvalue weighted by molar-refractivity contribution is 0.349. The summed E-state index contributed by atoms with van der Waals surface area (Å²) in [6.45, 7) is 4.48. The van der Waals surface area contributed by atoms with Crippen molar-refractivity contribution in [3.63, 3.8) is 0 Å². The second-order valence-electron chi connectivity index (χ2n) is 5.63. The number of aryl methyl sites for hydroxylation is 1. The maximum absolute atomic E-state index is 5.19. The molecule has 3 nitrogen and oxygen atoms in total. The molecule has 0 aromatic heterocycles. The lowest BCUT2D eigenvalue weighted by Crippen LogP contribution is -2.33. The first-order chi connectivity index (χ1) is 9.65. The molecule has 20 heavy (non-hydrogen) atoms. The van der Waals surface area contributed by atoms with E-state index < -0.39 is 0 Å². The number of rotatable bonds is 10. The molecule has 0 radical (unpaired) electrons. The monoisotopic (exact) mass is 278 g/mol. The third kappa shape index (κ3) is 6.92. The summed E-state index contributed by atoms with van der Waals surface area (Å²) in [7, 11) is 5.99. The molecule has 0 aliphatic carbocycles. The summed E-state index contributed by atoms with van der Waals surface area (Å²) in [4.78, 5) is 2.26. The summed E-state index contributed by atoms with van der Waals surface area (Å²) in [5, 5.41) is 3.67. The van der Waals surface area contributed by atoms with Gasteiger partial charge in [0.25, 0.3) is 0 Å². The van der Waals surface area contributed by atoms with E-state index in [-0.39, 0.29) is 0 Å². The SMILES string of the molecule is CCCNC(CCc1ccc(OC)cc1)CCN(C)C. The molecule has 0 bridgehead atoms. The van der Waals surface area contributed by atoms with Crippen molar-refractivity contribution >= 4 is 0 Å². The van der Waals surface area contributed by atoms with Gasteiger partial charge < -0.3 is 15.0 Å². The van der Waals surface area contributed by atoms with Crippen molar-refractivity contribution in [1.29, 1.82) is 0 Å². The van der Waals surface area contributed by atoms with Crippen LogP contribution in [-0.2, 0) is 6.42 Å². The summed E-state index contributed by atoms with van der Waals surface area (Å²) in [6, 6.07) is 9.04. The van der Waals surface area contributed by atoms with Gasteiger partial charge in [-0.2, -0.15) is 0 Å². The van der Waals surface area contributed by atoms with Gasteiger partial charge in [0, 0.05) is 6.04 Å². The first kappa shape index (κ1) is 17.0. The summed E-state index contributed by atoms with van der Waals surface area (Å²) in [6.07, 6.45) is 4.73. The van der Waals surface area contributed by atoms with Gasteiger partial charge in [-0.1, -0.05) is 19.1 Å². The molecular formula is C17H30N2O. The van der Waals surface area contributed by atoms with Crippen LogP contribution in [0.1, 0.15) is 31.7 Å². The average molecular weight is 278 g/mol. The Kier molecular flexibility index (Phi) is 8.31. The molecule has 1 aromatic rings. The molecule has 0 saturated heterocycles. The van der Waals surface area contributed by atoms with Crippen LogP contribution in [0.4, 0.5) is 0 Å². The summed E-state index contributed by atoms with van der Waals surface area (Å²) in [5.41, 5.74) is 1.39. The Balaban J connectivity index is 2.42. The predicted molar refractivity (Wildman–Crippen MR) is 86.6 cm³/mol. The first-order valence-corrected chi connectivity index (χ1v) is 7.66. The third-order valence-electron chi connectivity index (χ3n) is 3.55. The normalized spacial score (nSPS) is 12.7. The minimum atomic E-state index is 0.611. The lowest BCUT2D eigenvalue weighted by atomic mass is 10.0. The molecule has 0 saturated carbocycles. The zero-order valence-corrected chi connectivity index (χ0v) is 13.5. The second-order valence-corrected chi connectivity index (χ2v) is 5.63. The van der Waals surface area contributed by atoms with Crippen LogP contribution in [0.15, 0.2) is 24.3 Å². The molecule has 1 unspecified atom stereocenters. The van der Waals surface area contributed by atoms with E-state index in [9.17, 15) is 0 Å². The molecule has 0 heterocycles. The predicted octanol–water partition coefficient (Wildman–Crippen LogP) is 2.95. The molecule has 1 N–H and O–H groups in total. The molecular weight excluding hydrogens is 248 g/mol. The molecule has 0 aliphatic heterocycles. The number of ether oxygens (including phenoxy) is 1. The standard InChI is InChI=1S/C17H30N2O/c1-5-13-18-16(12-14-19(2)3)9-6-15-7-10-17(20-4)11-8-15/h7-8,10-11,16,18H,5-6,9,12-14H2,1-4H3. The topological polar surface area (TPSA) is 24.5 Å². The molecule has 1 rings (SSSR count). The quantitative estimate of drug-likeness (QED) is 0.712. The van der Waals surface area contributed by atoms with E-state index in [0.717, 1.165) is 25.3 Å². The van der Waals surface area contributed by atoms with Crippen LogP contribution >= 0.6 is 0 Å². The van der Waals surface area contributed by atoms with Gasteiger partial charge in [0.15, 0.2) is 0 Å². The van der Waals surface area contributed by atoms with Gasteiger partial charge in [0.05, 0.1) is 7.11 Å². The maximum Gasteiger partial charge on any atom is 0.118 e. The minimum Gasteiger partial charge on any atom is -0.497 e. The summed E-state index contributed by atoms with van der Waals surface area (Å²) >= 11 is 0. The number of methoxy groups -OCH3 is 1. The van der Waals surface area contributed by atoms with Crippen LogP contribution < -0.4 is 10.1 Å². The number of hydrogen-bond donors (Lipinski definition) is 1. The number of nitrogens with zero attached hydrogens (tertiary/aromatic N) is 1. The Bertz CT molecular complexity index is 349. The number of hydrogen-bond acceptors (Lipinski definition) is 3. The zero-order valence-electron chi connectivity index (χ0n) is 13.5. The molecule has 0 fully saturated rings. The van der Waals surface area contributed by atoms with E-state index in [2.05, 4.69) is 43.4 Å². The lowest BCUT2D eigenvalue weighted by Gasteiger charge is -2.20. The highest BCUT2D eigenvalue weighted by Gasteiger charge is 2.08. The van der Waals surface area contributed by atoms with Crippen molar-refractivity contribution in [3.05, 3.63) is 29.8 Å². The molecule has 0 amide bonds. The van der Waals surface area contributed by atoms with Gasteiger partial charge in [-0.15, -0.1) is 0 Å². The smallest absolute Gasteiger partial charge is 0.118 e. The van der Waals surface area contributed by atoms with E-state index in [1.54, 1.807) is 7.11 Å². The fraction of sp³-hybridized carbons (Fsp3) is 0.647. The highest BCUT2D eigenvalue weighted by molar-refractivity contribution is 5.27. The first-order valence-electron chi connectivity index (χ1n) is 7.66. The van der Waals surface area contributed by atoms with Gasteiger partial charge >= 0.3 is 0 Å². The largest absolute Gasteiger partial charge is 0.497 e. The van der Waals surface area contributed by atoms with Crippen LogP contribution in [0.25, 0.3) is 0 Å². The van der Waals surface area contributed by atoms with Gasteiger partial charge in [0.2, 0.25) is 0 Å². The van der Waals surface area contributed by atoms with Gasteiger partial charge in [-0.3, -0.25) is 0 Å². The van der Waals surface area contributed by atoms with Crippen LogP contribution in [0, 0.1) is 0 Å². The zero-order chi connectivity index (χ0) is 14.8. The second kappa shape index (κ2) is 9.78. The van der Waals surface area contributed by atoms with Crippen LogP contribution in [0.3, 0.4) is 0 Å². The average Bonchev–Trinajstić information content (AvgIpc) is 2.46. The Hall–Kier alpha value is -1.06. The van der Waals surface area contributed by atoms with Crippen LogP contribution in [0.5, 0.6) is 5.75 Å². The molecule has 3 heteroatoms. The van der Waals surface area contributed by atoms with E-state index in [1.165, 1.54) is 24.8 Å². The molecule has 1 atom stereocenters. The molecule has 114 valence electrons. The van der Waals surface area contributed by atoms with Crippen LogP contribution in [-0.4, -0.2) is 45.2 Å². The third-order valence-corrected chi connectivity index (χ3v) is 3.55. The van der Waals surface area contributed by atoms with E-state index in [0.29, 0.717) is 6.04 Å². The van der Waals surface area contributed by atoms with Gasteiger partial charge in [-0.25, -0.2) is 0 Å². The van der Waals surface area contributed by atoms with Crippen molar-refractivity contribution in [3.8, 4) is 5.75 Å². The van der Waals surface area contributed by atoms with E-state index in [4.69, 9.17) is 4.74 Å². The molecule has 0 spiro atoms. The highest BCUT2D eigenvalue weighted by atomic mass is 16.5. The van der Waals surface area contributed by atoms with Crippen LogP contribution in [0.2, 0.25) is 0 Å². The molecule has 1 aromatic carbocycles. The number of nitrogens with one attached hydrogen (secondary N) is 1. The number of benzene rings is 1. The van der Waals surface area contributed by atoms with Gasteiger partial charge in [0.1, 0.15) is 5.75 Å². The van der Waals surface area contributed by atoms with E-state index >= 15 is 0 Å². The Morgan fingerprint density at radius 1 is 1.15 bits per heavy atom. The molecule has 0 aliphatic rings. The summed E-state index contributed by atoms with van der Waals surface area (Å²) < 4.78 is 5.19. The fourth-order valence-corrected chi connectivity index (χ4v) is 2.24. The highest BCUT2D eigenvalue weighted by Crippen LogP contribution is 2.14. The van der Waals surface area contributed by atoms with Crippen molar-refractivity contribution in [1.82, 2.24) is 10.2 Å². The Labute approximate surface area is 124 Å². The van der Waals surface area contributed by atoms with Crippen molar-refractivity contribution in [2.45, 2.75) is 38.6 Å². The fourth-order valence-electron chi connectivity index (χ4n) is 2.24. The maximum atomic E-state index is 5.19. The van der Waals surface area contributed by atoms with E-state index in [1.807, 2.05) is 12.1 Å². The summed E-state index contributed by atoms with van der Waals surface area (Å²) in [5.74, 6) is 0.932.